The maximum Gasteiger partial charge on any atom is 0.270 e. The Morgan fingerprint density at radius 3 is 2.81 bits per heavy atom. The number of aromatic nitrogens is 2. The van der Waals surface area contributed by atoms with E-state index >= 15 is 0 Å². The van der Waals surface area contributed by atoms with Crippen molar-refractivity contribution in [3.8, 4) is 5.75 Å². The highest BCUT2D eigenvalue weighted by Crippen LogP contribution is 2.34. The summed E-state index contributed by atoms with van der Waals surface area (Å²) < 4.78 is 0. The fraction of sp³-hybridized carbons (Fsp3) is 0.333. The lowest BCUT2D eigenvalue weighted by molar-refractivity contribution is 0.0719. The second-order valence-electron chi connectivity index (χ2n) is 6.89. The molecule has 27 heavy (non-hydrogen) atoms. The van der Waals surface area contributed by atoms with Crippen molar-refractivity contribution in [3.63, 3.8) is 0 Å². The summed E-state index contributed by atoms with van der Waals surface area (Å²) in [4.78, 5) is 24.1. The summed E-state index contributed by atoms with van der Waals surface area (Å²) >= 11 is 0. The van der Waals surface area contributed by atoms with Crippen LogP contribution < -0.4 is 4.90 Å². The molecule has 4 rings (SSSR count). The van der Waals surface area contributed by atoms with E-state index in [4.69, 9.17) is 0 Å². The van der Waals surface area contributed by atoms with E-state index in [-0.39, 0.29) is 11.7 Å². The molecule has 0 aliphatic carbocycles. The van der Waals surface area contributed by atoms with Gasteiger partial charge in [-0.25, -0.2) is 0 Å². The van der Waals surface area contributed by atoms with Crippen molar-refractivity contribution in [1.29, 1.82) is 0 Å². The van der Waals surface area contributed by atoms with E-state index in [0.717, 1.165) is 42.5 Å². The lowest BCUT2D eigenvalue weighted by Gasteiger charge is -2.26. The van der Waals surface area contributed by atoms with Gasteiger partial charge in [0.15, 0.2) is 11.6 Å². The molecule has 1 fully saturated rings. The first-order valence-electron chi connectivity index (χ1n) is 9.51. The average Bonchev–Trinajstić information content (AvgIpc) is 3.10. The van der Waals surface area contributed by atoms with Gasteiger partial charge in [0, 0.05) is 43.0 Å². The highest BCUT2D eigenvalue weighted by atomic mass is 16.3. The number of nitrogens with one attached hydrogen (secondary N) is 1. The molecule has 1 amide bonds. The summed E-state index contributed by atoms with van der Waals surface area (Å²) in [7, 11) is 0. The molecule has 0 radical (unpaired) electrons. The van der Waals surface area contributed by atoms with Gasteiger partial charge in [0.1, 0.15) is 5.69 Å². The summed E-state index contributed by atoms with van der Waals surface area (Å²) in [6.07, 6.45) is 5.02. The van der Waals surface area contributed by atoms with Gasteiger partial charge in [-0.05, 0) is 44.4 Å². The number of carbonyl (C=O) groups is 1. The molecule has 0 bridgehead atoms. The number of aromatic hydroxyl groups is 1. The quantitative estimate of drug-likeness (QED) is 0.732. The molecule has 0 spiro atoms. The predicted molar refractivity (Wildman–Crippen MR) is 107 cm³/mol. The Hall–Kier alpha value is -3.02. The first-order valence-corrected chi connectivity index (χ1v) is 9.51. The Balaban J connectivity index is 1.65. The number of H-pyrrole nitrogens is 1. The van der Waals surface area contributed by atoms with Crippen molar-refractivity contribution in [2.75, 3.05) is 24.5 Å². The van der Waals surface area contributed by atoms with Gasteiger partial charge in [0.2, 0.25) is 0 Å². The second kappa shape index (κ2) is 7.31. The molecule has 2 aromatic heterocycles. The van der Waals surface area contributed by atoms with Crippen LogP contribution in [0.3, 0.4) is 0 Å². The number of fused-ring (bicyclic) bond motifs is 1. The van der Waals surface area contributed by atoms with Crippen molar-refractivity contribution in [2.45, 2.75) is 26.2 Å². The second-order valence-corrected chi connectivity index (χ2v) is 6.89. The van der Waals surface area contributed by atoms with E-state index < -0.39 is 0 Å². The molecule has 3 heterocycles. The SMILES string of the molecule is CCN(c1ccc2cccnc2c1)c1[nH]c(C(=O)N2CCCCC2)cc1O. The Bertz CT molecular complexity index is 960. The molecule has 1 aromatic carbocycles. The van der Waals surface area contributed by atoms with Gasteiger partial charge in [-0.1, -0.05) is 12.1 Å². The van der Waals surface area contributed by atoms with Crippen LogP contribution in [0, 0.1) is 0 Å². The van der Waals surface area contributed by atoms with E-state index in [9.17, 15) is 9.90 Å². The zero-order valence-corrected chi connectivity index (χ0v) is 15.5. The van der Waals surface area contributed by atoms with Crippen LogP contribution in [-0.4, -0.2) is 45.5 Å². The molecule has 3 aromatic rings. The van der Waals surface area contributed by atoms with Crippen LogP contribution in [0.2, 0.25) is 0 Å². The molecule has 6 nitrogen and oxygen atoms in total. The monoisotopic (exact) mass is 364 g/mol. The van der Waals surface area contributed by atoms with Crippen LogP contribution in [0.15, 0.2) is 42.6 Å². The van der Waals surface area contributed by atoms with E-state index in [0.29, 0.717) is 18.1 Å². The van der Waals surface area contributed by atoms with Gasteiger partial charge in [-0.15, -0.1) is 0 Å². The molecule has 0 saturated carbocycles. The van der Waals surface area contributed by atoms with Crippen molar-refractivity contribution in [3.05, 3.63) is 48.3 Å². The van der Waals surface area contributed by atoms with Gasteiger partial charge in [0.05, 0.1) is 5.52 Å². The summed E-state index contributed by atoms with van der Waals surface area (Å²) in [5, 5.41) is 11.6. The maximum atomic E-state index is 12.7. The maximum absolute atomic E-state index is 12.7. The van der Waals surface area contributed by atoms with Crippen LogP contribution in [0.5, 0.6) is 5.75 Å². The number of hydrogen-bond donors (Lipinski definition) is 2. The van der Waals surface area contributed by atoms with Crippen LogP contribution in [0.25, 0.3) is 10.9 Å². The largest absolute Gasteiger partial charge is 0.504 e. The van der Waals surface area contributed by atoms with Crippen molar-refractivity contribution in [1.82, 2.24) is 14.9 Å². The lowest BCUT2D eigenvalue weighted by atomic mass is 10.1. The van der Waals surface area contributed by atoms with E-state index in [1.165, 1.54) is 12.5 Å². The third kappa shape index (κ3) is 3.35. The summed E-state index contributed by atoms with van der Waals surface area (Å²) in [6, 6.07) is 11.5. The smallest absolute Gasteiger partial charge is 0.270 e. The third-order valence-corrected chi connectivity index (χ3v) is 5.14. The summed E-state index contributed by atoms with van der Waals surface area (Å²) in [6.45, 7) is 4.21. The van der Waals surface area contributed by atoms with Gasteiger partial charge in [-0.3, -0.25) is 9.78 Å². The topological polar surface area (TPSA) is 72.5 Å². The minimum Gasteiger partial charge on any atom is -0.504 e. The van der Waals surface area contributed by atoms with Crippen molar-refractivity contribution in [2.24, 2.45) is 0 Å². The molecule has 1 aliphatic rings. The fourth-order valence-electron chi connectivity index (χ4n) is 3.71. The molecule has 0 unspecified atom stereocenters. The molecule has 1 aliphatic heterocycles. The molecule has 1 saturated heterocycles. The van der Waals surface area contributed by atoms with Crippen LogP contribution >= 0.6 is 0 Å². The number of nitrogens with zero attached hydrogens (tertiary/aromatic N) is 3. The number of rotatable bonds is 4. The number of carbonyl (C=O) groups excluding carboxylic acids is 1. The summed E-state index contributed by atoms with van der Waals surface area (Å²) in [5.41, 5.74) is 2.24. The molecule has 140 valence electrons. The average molecular weight is 364 g/mol. The number of aromatic amines is 1. The number of benzene rings is 1. The number of pyridine rings is 1. The minimum absolute atomic E-state index is 0.0486. The standard InChI is InChI=1S/C21H24N4O2/c1-2-25(16-9-8-15-7-6-10-22-17(15)13-16)20-19(26)14-18(23-20)21(27)24-11-4-3-5-12-24/h6-10,13-14,23,26H,2-5,11-12H2,1H3. The van der Waals surface area contributed by atoms with Crippen molar-refractivity contribution >= 4 is 28.3 Å². The number of amides is 1. The Kier molecular flexibility index (Phi) is 4.71. The van der Waals surface area contributed by atoms with E-state index in [1.807, 2.05) is 47.1 Å². The molecular formula is C21H24N4O2. The number of hydrogen-bond acceptors (Lipinski definition) is 4. The van der Waals surface area contributed by atoms with Gasteiger partial charge >= 0.3 is 0 Å². The Morgan fingerprint density at radius 2 is 2.04 bits per heavy atom. The van der Waals surface area contributed by atoms with Gasteiger partial charge < -0.3 is 19.9 Å². The number of piperidine rings is 1. The number of likely N-dealkylation sites (tertiary alicyclic amines) is 1. The van der Waals surface area contributed by atoms with Crippen molar-refractivity contribution < 1.29 is 9.90 Å². The first kappa shape index (κ1) is 17.4. The normalized spacial score (nSPS) is 14.5. The fourth-order valence-corrected chi connectivity index (χ4v) is 3.71. The van der Waals surface area contributed by atoms with Crippen LogP contribution in [-0.2, 0) is 0 Å². The van der Waals surface area contributed by atoms with E-state index in [1.54, 1.807) is 6.20 Å². The Labute approximate surface area is 158 Å². The first-order chi connectivity index (χ1) is 13.2. The zero-order valence-electron chi connectivity index (χ0n) is 15.5. The molecule has 6 heteroatoms. The van der Waals surface area contributed by atoms with E-state index in [2.05, 4.69) is 9.97 Å². The van der Waals surface area contributed by atoms with Gasteiger partial charge in [-0.2, -0.15) is 0 Å². The molecular weight excluding hydrogens is 340 g/mol. The van der Waals surface area contributed by atoms with Crippen LogP contribution in [0.4, 0.5) is 11.5 Å². The van der Waals surface area contributed by atoms with Crippen LogP contribution in [0.1, 0.15) is 36.7 Å². The lowest BCUT2D eigenvalue weighted by Crippen LogP contribution is -2.35. The molecule has 0 atom stereocenters. The number of anilines is 2. The molecule has 2 N–H and O–H groups in total. The summed E-state index contributed by atoms with van der Waals surface area (Å²) in [5.74, 6) is 0.568. The predicted octanol–water partition coefficient (Wildman–Crippen LogP) is 4.05. The zero-order chi connectivity index (χ0) is 18.8. The highest BCUT2D eigenvalue weighted by Gasteiger charge is 2.23. The third-order valence-electron chi connectivity index (χ3n) is 5.14. The Morgan fingerprint density at radius 1 is 1.22 bits per heavy atom. The minimum atomic E-state index is -0.0486. The van der Waals surface area contributed by atoms with Gasteiger partial charge in [0.25, 0.3) is 5.91 Å². The highest BCUT2D eigenvalue weighted by molar-refractivity contribution is 5.94.